The highest BCUT2D eigenvalue weighted by Gasteiger charge is 2.20. The van der Waals surface area contributed by atoms with Crippen LogP contribution >= 0.6 is 11.8 Å². The highest BCUT2D eigenvalue weighted by molar-refractivity contribution is 7.98. The SMILES string of the molecule is CSc1ccccc1C(=O)O[C@H](C)C(=O)NCc1ccco1. The minimum absolute atomic E-state index is 0.259. The summed E-state index contributed by atoms with van der Waals surface area (Å²) in [4.78, 5) is 24.9. The van der Waals surface area contributed by atoms with Crippen LogP contribution in [-0.4, -0.2) is 24.2 Å². The van der Waals surface area contributed by atoms with Gasteiger partial charge in [0.15, 0.2) is 6.10 Å². The molecule has 0 unspecified atom stereocenters. The van der Waals surface area contributed by atoms with Gasteiger partial charge in [-0.3, -0.25) is 4.79 Å². The van der Waals surface area contributed by atoms with Crippen molar-refractivity contribution in [3.63, 3.8) is 0 Å². The number of esters is 1. The van der Waals surface area contributed by atoms with E-state index in [0.29, 0.717) is 11.3 Å². The Labute approximate surface area is 133 Å². The average molecular weight is 319 g/mol. The normalized spacial score (nSPS) is 11.7. The first-order valence-corrected chi connectivity index (χ1v) is 7.98. The molecule has 1 N–H and O–H groups in total. The van der Waals surface area contributed by atoms with Crippen molar-refractivity contribution < 1.29 is 18.7 Å². The molecule has 0 fully saturated rings. The minimum Gasteiger partial charge on any atom is -0.467 e. The molecular formula is C16H17NO4S. The number of carbonyl (C=O) groups is 2. The molecule has 0 saturated carbocycles. The third kappa shape index (κ3) is 4.14. The summed E-state index contributed by atoms with van der Waals surface area (Å²) in [5.74, 6) is -0.239. The molecule has 22 heavy (non-hydrogen) atoms. The Bertz CT molecular complexity index is 639. The molecule has 1 aromatic carbocycles. The summed E-state index contributed by atoms with van der Waals surface area (Å²) in [7, 11) is 0. The van der Waals surface area contributed by atoms with E-state index in [-0.39, 0.29) is 12.5 Å². The molecule has 0 radical (unpaired) electrons. The Morgan fingerprint density at radius 2 is 2.05 bits per heavy atom. The zero-order chi connectivity index (χ0) is 15.9. The van der Waals surface area contributed by atoms with Gasteiger partial charge in [-0.25, -0.2) is 4.79 Å². The van der Waals surface area contributed by atoms with E-state index in [1.54, 1.807) is 24.3 Å². The van der Waals surface area contributed by atoms with Crippen molar-refractivity contribution in [3.8, 4) is 0 Å². The van der Waals surface area contributed by atoms with Crippen LogP contribution in [0.4, 0.5) is 0 Å². The van der Waals surface area contributed by atoms with Crippen LogP contribution in [0.15, 0.2) is 52.0 Å². The maximum atomic E-state index is 12.1. The van der Waals surface area contributed by atoms with Gasteiger partial charge in [-0.05, 0) is 37.4 Å². The van der Waals surface area contributed by atoms with Crippen molar-refractivity contribution in [2.24, 2.45) is 0 Å². The summed E-state index contributed by atoms with van der Waals surface area (Å²) in [6.45, 7) is 1.80. The van der Waals surface area contributed by atoms with Gasteiger partial charge in [-0.1, -0.05) is 12.1 Å². The van der Waals surface area contributed by atoms with Crippen LogP contribution in [-0.2, 0) is 16.1 Å². The van der Waals surface area contributed by atoms with Gasteiger partial charge in [0.1, 0.15) is 5.76 Å². The Hall–Kier alpha value is -2.21. The second kappa shape index (κ2) is 7.70. The Morgan fingerprint density at radius 3 is 2.73 bits per heavy atom. The maximum Gasteiger partial charge on any atom is 0.340 e. The molecule has 1 aromatic heterocycles. The summed E-state index contributed by atoms with van der Waals surface area (Å²) in [5, 5.41) is 2.66. The van der Waals surface area contributed by atoms with E-state index in [9.17, 15) is 9.59 Å². The van der Waals surface area contributed by atoms with E-state index < -0.39 is 12.1 Å². The van der Waals surface area contributed by atoms with Gasteiger partial charge < -0.3 is 14.5 Å². The second-order valence-electron chi connectivity index (χ2n) is 4.54. The lowest BCUT2D eigenvalue weighted by Crippen LogP contribution is -2.35. The van der Waals surface area contributed by atoms with Gasteiger partial charge in [0.25, 0.3) is 5.91 Å². The molecule has 6 heteroatoms. The molecule has 1 atom stereocenters. The van der Waals surface area contributed by atoms with Crippen molar-refractivity contribution in [2.75, 3.05) is 6.26 Å². The van der Waals surface area contributed by atoms with Crippen LogP contribution < -0.4 is 5.32 Å². The highest BCUT2D eigenvalue weighted by Crippen LogP contribution is 2.21. The summed E-state index contributed by atoms with van der Waals surface area (Å²) >= 11 is 1.45. The summed E-state index contributed by atoms with van der Waals surface area (Å²) in [6.07, 6.45) is 2.54. The fourth-order valence-corrected chi connectivity index (χ4v) is 2.41. The van der Waals surface area contributed by atoms with E-state index in [1.165, 1.54) is 24.9 Å². The number of thioether (sulfide) groups is 1. The lowest BCUT2D eigenvalue weighted by atomic mass is 10.2. The summed E-state index contributed by atoms with van der Waals surface area (Å²) in [5.41, 5.74) is 0.459. The van der Waals surface area contributed by atoms with Gasteiger partial charge in [0, 0.05) is 4.90 Å². The Morgan fingerprint density at radius 1 is 1.27 bits per heavy atom. The van der Waals surface area contributed by atoms with Crippen molar-refractivity contribution in [3.05, 3.63) is 54.0 Å². The number of carbonyl (C=O) groups excluding carboxylic acids is 2. The molecule has 0 aliphatic carbocycles. The zero-order valence-electron chi connectivity index (χ0n) is 12.4. The van der Waals surface area contributed by atoms with Crippen LogP contribution in [0.3, 0.4) is 0 Å². The van der Waals surface area contributed by atoms with Crippen LogP contribution in [0.5, 0.6) is 0 Å². The third-order valence-corrected chi connectivity index (χ3v) is 3.79. The van der Waals surface area contributed by atoms with Crippen molar-refractivity contribution >= 4 is 23.6 Å². The standard InChI is InChI=1S/C16H17NO4S/c1-11(15(18)17-10-12-6-5-9-20-12)21-16(19)13-7-3-4-8-14(13)22-2/h3-9,11H,10H2,1-2H3,(H,17,18)/t11-/m1/s1. The predicted molar refractivity (Wildman–Crippen MR) is 83.7 cm³/mol. The number of ether oxygens (including phenoxy) is 1. The molecule has 2 rings (SSSR count). The Kier molecular flexibility index (Phi) is 5.66. The lowest BCUT2D eigenvalue weighted by molar-refractivity contribution is -0.129. The van der Waals surface area contributed by atoms with E-state index in [1.807, 2.05) is 18.4 Å². The van der Waals surface area contributed by atoms with Gasteiger partial charge >= 0.3 is 5.97 Å². The molecule has 0 bridgehead atoms. The number of nitrogens with one attached hydrogen (secondary N) is 1. The predicted octanol–water partition coefficient (Wildman–Crippen LogP) is 2.86. The van der Waals surface area contributed by atoms with Gasteiger partial charge in [0.2, 0.25) is 0 Å². The molecule has 0 aliphatic heterocycles. The monoisotopic (exact) mass is 319 g/mol. The van der Waals surface area contributed by atoms with Crippen LogP contribution in [0.1, 0.15) is 23.0 Å². The molecule has 5 nitrogen and oxygen atoms in total. The molecule has 116 valence electrons. The number of rotatable bonds is 6. The minimum atomic E-state index is -0.877. The first-order chi connectivity index (χ1) is 10.6. The zero-order valence-corrected chi connectivity index (χ0v) is 13.2. The van der Waals surface area contributed by atoms with Crippen LogP contribution in [0, 0.1) is 0 Å². The molecule has 0 saturated heterocycles. The fraction of sp³-hybridized carbons (Fsp3) is 0.250. The second-order valence-corrected chi connectivity index (χ2v) is 5.39. The molecule has 2 aromatic rings. The average Bonchev–Trinajstić information content (AvgIpc) is 3.05. The van der Waals surface area contributed by atoms with E-state index in [0.717, 1.165) is 4.90 Å². The topological polar surface area (TPSA) is 68.5 Å². The van der Waals surface area contributed by atoms with E-state index >= 15 is 0 Å². The van der Waals surface area contributed by atoms with E-state index in [2.05, 4.69) is 5.32 Å². The Balaban J connectivity index is 1.91. The van der Waals surface area contributed by atoms with Crippen LogP contribution in [0.25, 0.3) is 0 Å². The highest BCUT2D eigenvalue weighted by atomic mass is 32.2. The van der Waals surface area contributed by atoms with Crippen molar-refractivity contribution in [1.29, 1.82) is 0 Å². The van der Waals surface area contributed by atoms with Crippen LogP contribution in [0.2, 0.25) is 0 Å². The first-order valence-electron chi connectivity index (χ1n) is 6.76. The van der Waals surface area contributed by atoms with Gasteiger partial charge in [0.05, 0.1) is 18.4 Å². The number of hydrogen-bond donors (Lipinski definition) is 1. The molecule has 0 aliphatic rings. The van der Waals surface area contributed by atoms with Crippen molar-refractivity contribution in [2.45, 2.75) is 24.5 Å². The largest absolute Gasteiger partial charge is 0.467 e. The molecular weight excluding hydrogens is 302 g/mol. The number of hydrogen-bond acceptors (Lipinski definition) is 5. The quantitative estimate of drug-likeness (QED) is 0.655. The molecule has 1 amide bonds. The smallest absolute Gasteiger partial charge is 0.340 e. The van der Waals surface area contributed by atoms with Gasteiger partial charge in [-0.2, -0.15) is 0 Å². The summed E-state index contributed by atoms with van der Waals surface area (Å²) in [6, 6.07) is 10.6. The number of furan rings is 1. The molecule has 1 heterocycles. The third-order valence-electron chi connectivity index (χ3n) is 3.00. The maximum absolute atomic E-state index is 12.1. The molecule has 0 spiro atoms. The van der Waals surface area contributed by atoms with Gasteiger partial charge in [-0.15, -0.1) is 11.8 Å². The van der Waals surface area contributed by atoms with Crippen molar-refractivity contribution in [1.82, 2.24) is 5.32 Å². The summed E-state index contributed by atoms with van der Waals surface area (Å²) < 4.78 is 10.3. The van der Waals surface area contributed by atoms with E-state index in [4.69, 9.17) is 9.15 Å². The number of benzene rings is 1. The first kappa shape index (κ1) is 16.2. The number of amides is 1. The fourth-order valence-electron chi connectivity index (χ4n) is 1.82. The lowest BCUT2D eigenvalue weighted by Gasteiger charge is -2.14.